The largest absolute Gasteiger partial charge is 0.494 e. The van der Waals surface area contributed by atoms with E-state index in [4.69, 9.17) is 4.74 Å². The maximum absolute atomic E-state index is 12.8. The Balaban J connectivity index is 1.56. The molecule has 8 nitrogen and oxygen atoms in total. The van der Waals surface area contributed by atoms with Crippen molar-refractivity contribution in [1.29, 1.82) is 0 Å². The number of aryl methyl sites for hydroxylation is 1. The molecule has 9 heteroatoms. The predicted octanol–water partition coefficient (Wildman–Crippen LogP) is 3.30. The monoisotopic (exact) mass is 409 g/mol. The minimum atomic E-state index is -0.269. The molecule has 0 bridgehead atoms. The number of hydrogen-bond acceptors (Lipinski definition) is 7. The average Bonchev–Trinajstić information content (AvgIpc) is 3.34. The van der Waals surface area contributed by atoms with E-state index in [-0.39, 0.29) is 11.8 Å². The fraction of sp³-hybridized carbons (Fsp3) is 0.250. The molecule has 3 aromatic rings. The molecule has 0 saturated carbocycles. The Morgan fingerprint density at radius 1 is 1.28 bits per heavy atom. The zero-order chi connectivity index (χ0) is 20.4. The maximum atomic E-state index is 12.8. The van der Waals surface area contributed by atoms with E-state index in [1.54, 1.807) is 55.6 Å². The third-order valence-electron chi connectivity index (χ3n) is 4.56. The number of aromatic nitrogens is 3. The lowest BCUT2D eigenvalue weighted by molar-refractivity contribution is -0.117. The third kappa shape index (κ3) is 3.81. The van der Waals surface area contributed by atoms with Crippen molar-refractivity contribution < 1.29 is 14.3 Å². The highest BCUT2D eigenvalue weighted by atomic mass is 32.1. The van der Waals surface area contributed by atoms with Crippen molar-refractivity contribution >= 4 is 34.5 Å². The number of amides is 2. The van der Waals surface area contributed by atoms with Gasteiger partial charge in [0.1, 0.15) is 10.6 Å². The number of nitrogens with zero attached hydrogens (tertiary/aromatic N) is 4. The number of thiazole rings is 1. The summed E-state index contributed by atoms with van der Waals surface area (Å²) in [5, 5.41) is 3.47. The van der Waals surface area contributed by atoms with Gasteiger partial charge in [-0.3, -0.25) is 9.59 Å². The van der Waals surface area contributed by atoms with Crippen LogP contribution in [0.5, 0.6) is 5.75 Å². The van der Waals surface area contributed by atoms with Gasteiger partial charge in [0.2, 0.25) is 5.91 Å². The molecule has 0 aliphatic carbocycles. The second-order valence-electron chi connectivity index (χ2n) is 6.50. The quantitative estimate of drug-likeness (QED) is 0.694. The molecule has 29 heavy (non-hydrogen) atoms. The highest BCUT2D eigenvalue weighted by Crippen LogP contribution is 2.34. The van der Waals surface area contributed by atoms with Crippen molar-refractivity contribution in [3.63, 3.8) is 0 Å². The summed E-state index contributed by atoms with van der Waals surface area (Å²) < 4.78 is 5.45. The molecule has 0 spiro atoms. The molecule has 1 N–H and O–H groups in total. The van der Waals surface area contributed by atoms with Crippen molar-refractivity contribution in [2.45, 2.75) is 19.8 Å². The lowest BCUT2D eigenvalue weighted by Crippen LogP contribution is -2.24. The van der Waals surface area contributed by atoms with Crippen LogP contribution in [-0.2, 0) is 4.79 Å². The molecule has 1 aromatic carbocycles. The first-order valence-electron chi connectivity index (χ1n) is 9.11. The lowest BCUT2D eigenvalue weighted by atomic mass is 10.2. The molecule has 2 amide bonds. The summed E-state index contributed by atoms with van der Waals surface area (Å²) in [4.78, 5) is 39.8. The number of anilines is 2. The molecule has 3 heterocycles. The van der Waals surface area contributed by atoms with E-state index in [0.29, 0.717) is 51.5 Å². The minimum absolute atomic E-state index is 0.0797. The van der Waals surface area contributed by atoms with Crippen LogP contribution >= 0.6 is 11.3 Å². The first-order chi connectivity index (χ1) is 14.1. The summed E-state index contributed by atoms with van der Waals surface area (Å²) in [6.07, 6.45) is 4.65. The molecule has 1 fully saturated rings. The molecule has 148 valence electrons. The number of hydrogen-bond donors (Lipinski definition) is 1. The Morgan fingerprint density at radius 3 is 2.76 bits per heavy atom. The summed E-state index contributed by atoms with van der Waals surface area (Å²) in [7, 11) is 1.55. The number of ether oxygens (including phenoxy) is 1. The van der Waals surface area contributed by atoms with Gasteiger partial charge in [0, 0.05) is 37.1 Å². The van der Waals surface area contributed by atoms with E-state index in [1.807, 2.05) is 0 Å². The van der Waals surface area contributed by atoms with Crippen LogP contribution in [0.4, 0.5) is 11.4 Å². The average molecular weight is 409 g/mol. The third-order valence-corrected chi connectivity index (χ3v) is 5.71. The Kier molecular flexibility index (Phi) is 5.22. The van der Waals surface area contributed by atoms with Gasteiger partial charge in [-0.25, -0.2) is 15.0 Å². The van der Waals surface area contributed by atoms with Crippen LogP contribution in [0.15, 0.2) is 36.7 Å². The SMILES string of the molecule is COc1cc(NC(=O)c2sc(-c3ncccn3)nc2C)ccc1N1CCCC1=O. The first kappa shape index (κ1) is 19.0. The smallest absolute Gasteiger partial charge is 0.267 e. The molecule has 0 unspecified atom stereocenters. The number of benzene rings is 1. The van der Waals surface area contributed by atoms with E-state index >= 15 is 0 Å². The topological polar surface area (TPSA) is 97.3 Å². The van der Waals surface area contributed by atoms with E-state index in [1.165, 1.54) is 11.3 Å². The van der Waals surface area contributed by atoms with Crippen LogP contribution in [0.25, 0.3) is 10.8 Å². The molecule has 1 aliphatic rings. The standard InChI is InChI=1S/C20H19N5O3S/c1-12-17(29-20(23-12)18-21-8-4-9-22-18)19(27)24-13-6-7-14(15(11-13)28-2)25-10-3-5-16(25)26/h4,6-9,11H,3,5,10H2,1-2H3,(H,24,27). The lowest BCUT2D eigenvalue weighted by Gasteiger charge is -2.19. The van der Waals surface area contributed by atoms with Gasteiger partial charge in [-0.1, -0.05) is 0 Å². The zero-order valence-electron chi connectivity index (χ0n) is 16.0. The molecule has 0 radical (unpaired) electrons. The van der Waals surface area contributed by atoms with Crippen molar-refractivity contribution in [2.24, 2.45) is 0 Å². The normalized spacial score (nSPS) is 13.6. The molecular weight excluding hydrogens is 390 g/mol. The van der Waals surface area contributed by atoms with Crippen LogP contribution < -0.4 is 15.0 Å². The first-order valence-corrected chi connectivity index (χ1v) is 9.93. The Labute approximate surface area is 171 Å². The maximum Gasteiger partial charge on any atom is 0.267 e. The van der Waals surface area contributed by atoms with Gasteiger partial charge in [0.25, 0.3) is 5.91 Å². The summed E-state index contributed by atoms with van der Waals surface area (Å²) in [6, 6.07) is 7.00. The van der Waals surface area contributed by atoms with Gasteiger partial charge in [0.15, 0.2) is 10.8 Å². The predicted molar refractivity (Wildman–Crippen MR) is 110 cm³/mol. The number of carbonyl (C=O) groups excluding carboxylic acids is 2. The number of rotatable bonds is 5. The molecule has 1 saturated heterocycles. The van der Waals surface area contributed by atoms with Crippen LogP contribution in [-0.4, -0.2) is 40.4 Å². The van der Waals surface area contributed by atoms with Gasteiger partial charge in [0.05, 0.1) is 18.5 Å². The van der Waals surface area contributed by atoms with Crippen molar-refractivity contribution in [3.05, 3.63) is 47.2 Å². The second kappa shape index (κ2) is 7.96. The second-order valence-corrected chi connectivity index (χ2v) is 7.49. The van der Waals surface area contributed by atoms with E-state index in [2.05, 4.69) is 20.3 Å². The van der Waals surface area contributed by atoms with E-state index in [0.717, 1.165) is 6.42 Å². The number of carbonyl (C=O) groups is 2. The Hall–Kier alpha value is -3.33. The molecule has 2 aromatic heterocycles. The minimum Gasteiger partial charge on any atom is -0.494 e. The van der Waals surface area contributed by atoms with Crippen molar-refractivity contribution in [2.75, 3.05) is 23.9 Å². The number of methoxy groups -OCH3 is 1. The molecular formula is C20H19N5O3S. The Morgan fingerprint density at radius 2 is 2.07 bits per heavy atom. The van der Waals surface area contributed by atoms with Crippen LogP contribution in [0.2, 0.25) is 0 Å². The van der Waals surface area contributed by atoms with E-state index in [9.17, 15) is 9.59 Å². The number of nitrogens with one attached hydrogen (secondary N) is 1. The zero-order valence-corrected chi connectivity index (χ0v) is 16.8. The Bertz CT molecular complexity index is 1070. The summed E-state index contributed by atoms with van der Waals surface area (Å²) in [6.45, 7) is 2.45. The van der Waals surface area contributed by atoms with Crippen LogP contribution in [0, 0.1) is 6.92 Å². The van der Waals surface area contributed by atoms with Crippen molar-refractivity contribution in [3.8, 4) is 16.6 Å². The molecule has 0 atom stereocenters. The highest BCUT2D eigenvalue weighted by Gasteiger charge is 2.25. The molecule has 1 aliphatic heterocycles. The van der Waals surface area contributed by atoms with Gasteiger partial charge in [-0.15, -0.1) is 11.3 Å². The summed E-state index contributed by atoms with van der Waals surface area (Å²) >= 11 is 1.24. The van der Waals surface area contributed by atoms with E-state index < -0.39 is 0 Å². The van der Waals surface area contributed by atoms with Crippen LogP contribution in [0.3, 0.4) is 0 Å². The summed E-state index contributed by atoms with van der Waals surface area (Å²) in [5.41, 5.74) is 1.90. The van der Waals surface area contributed by atoms with Gasteiger partial charge >= 0.3 is 0 Å². The van der Waals surface area contributed by atoms with Gasteiger partial charge < -0.3 is 15.0 Å². The molecule has 4 rings (SSSR count). The summed E-state index contributed by atoms with van der Waals surface area (Å²) in [5.74, 6) is 0.837. The van der Waals surface area contributed by atoms with Crippen LogP contribution in [0.1, 0.15) is 28.2 Å². The van der Waals surface area contributed by atoms with Gasteiger partial charge in [-0.2, -0.15) is 0 Å². The van der Waals surface area contributed by atoms with Crippen molar-refractivity contribution in [1.82, 2.24) is 15.0 Å². The fourth-order valence-electron chi connectivity index (χ4n) is 3.18. The highest BCUT2D eigenvalue weighted by molar-refractivity contribution is 7.17. The fourth-order valence-corrected chi connectivity index (χ4v) is 4.09. The van der Waals surface area contributed by atoms with Gasteiger partial charge in [-0.05, 0) is 31.5 Å².